The number of halogens is 1. The summed E-state index contributed by atoms with van der Waals surface area (Å²) < 4.78 is 16.1. The molecule has 1 atom stereocenters. The van der Waals surface area contributed by atoms with Crippen molar-refractivity contribution in [2.75, 3.05) is 0 Å². The molecule has 1 N–H and O–H groups in total. The van der Waals surface area contributed by atoms with Gasteiger partial charge in [0.05, 0.1) is 5.52 Å². The third-order valence-electron chi connectivity index (χ3n) is 4.15. The molecule has 1 aliphatic rings. The van der Waals surface area contributed by atoms with Gasteiger partial charge >= 0.3 is 0 Å². The molecule has 2 nitrogen and oxygen atoms in total. The van der Waals surface area contributed by atoms with E-state index in [0.717, 1.165) is 30.2 Å². The van der Waals surface area contributed by atoms with Crippen molar-refractivity contribution in [2.45, 2.75) is 45.2 Å². The fourth-order valence-electron chi connectivity index (χ4n) is 3.41. The summed E-state index contributed by atoms with van der Waals surface area (Å²) in [5, 5.41) is 4.70. The van der Waals surface area contributed by atoms with Crippen molar-refractivity contribution in [1.82, 2.24) is 9.88 Å². The average Bonchev–Trinajstić information content (AvgIpc) is 2.64. The van der Waals surface area contributed by atoms with E-state index in [1.165, 1.54) is 11.3 Å². The van der Waals surface area contributed by atoms with Crippen LogP contribution in [0.2, 0.25) is 0 Å². The maximum absolute atomic E-state index is 14.0. The number of rotatable bonds is 2. The maximum atomic E-state index is 14.0. The second kappa shape index (κ2) is 4.64. The van der Waals surface area contributed by atoms with Crippen LogP contribution >= 0.6 is 0 Å². The Hall–Kier alpha value is -1.35. The van der Waals surface area contributed by atoms with Gasteiger partial charge in [-0.1, -0.05) is 26.0 Å². The highest BCUT2D eigenvalue weighted by atomic mass is 19.1. The van der Waals surface area contributed by atoms with Crippen LogP contribution in [0.4, 0.5) is 4.39 Å². The van der Waals surface area contributed by atoms with Gasteiger partial charge in [0.25, 0.3) is 0 Å². The summed E-state index contributed by atoms with van der Waals surface area (Å²) in [6.45, 7) is 4.36. The highest BCUT2D eigenvalue weighted by molar-refractivity contribution is 5.86. The molecule has 1 aliphatic carbocycles. The van der Waals surface area contributed by atoms with Crippen molar-refractivity contribution in [3.63, 3.8) is 0 Å². The van der Waals surface area contributed by atoms with Crippen LogP contribution in [-0.2, 0) is 19.9 Å². The summed E-state index contributed by atoms with van der Waals surface area (Å²) in [4.78, 5) is 0. The van der Waals surface area contributed by atoms with Crippen LogP contribution in [0.3, 0.4) is 0 Å². The summed E-state index contributed by atoms with van der Waals surface area (Å²) in [6.07, 6.45) is 3.18. The van der Waals surface area contributed by atoms with Crippen molar-refractivity contribution in [3.8, 4) is 0 Å². The fraction of sp³-hybridized carbons (Fsp3) is 0.500. The molecule has 0 spiro atoms. The number of hydrogen-bond donors (Lipinski definition) is 1. The number of fused-ring (bicyclic) bond motifs is 3. The largest absolute Gasteiger partial charge is 0.345 e. The molecular weight excluding hydrogens is 239 g/mol. The lowest BCUT2D eigenvalue weighted by atomic mass is 9.91. The lowest BCUT2D eigenvalue weighted by molar-refractivity contribution is 0.418. The Kier molecular flexibility index (Phi) is 3.09. The van der Waals surface area contributed by atoms with E-state index in [2.05, 4.69) is 25.2 Å². The first-order valence-corrected chi connectivity index (χ1v) is 7.08. The standard InChI is InChI=1S/C16H21FN2/c1-10(2)18-11-7-8-15-13(9-11)12-5-4-6-14(17)16(12)19(15)3/h4-6,10-11,18H,7-9H2,1-3H3. The lowest BCUT2D eigenvalue weighted by Crippen LogP contribution is -2.38. The summed E-state index contributed by atoms with van der Waals surface area (Å²) in [5.41, 5.74) is 3.40. The Morgan fingerprint density at radius 1 is 1.37 bits per heavy atom. The minimum absolute atomic E-state index is 0.109. The Labute approximate surface area is 113 Å². The molecule has 0 saturated heterocycles. The molecule has 2 aromatic rings. The molecule has 0 amide bonds. The zero-order chi connectivity index (χ0) is 13.6. The van der Waals surface area contributed by atoms with Gasteiger partial charge in [-0.2, -0.15) is 0 Å². The zero-order valence-corrected chi connectivity index (χ0v) is 11.8. The van der Waals surface area contributed by atoms with Gasteiger partial charge in [-0.3, -0.25) is 0 Å². The number of para-hydroxylation sites is 1. The molecule has 0 fully saturated rings. The highest BCUT2D eigenvalue weighted by Crippen LogP contribution is 2.32. The van der Waals surface area contributed by atoms with Crippen LogP contribution in [0.15, 0.2) is 18.2 Å². The summed E-state index contributed by atoms with van der Waals surface area (Å²) in [6, 6.07) is 6.43. The fourth-order valence-corrected chi connectivity index (χ4v) is 3.41. The predicted molar refractivity (Wildman–Crippen MR) is 77.0 cm³/mol. The number of aryl methyl sites for hydroxylation is 1. The Morgan fingerprint density at radius 2 is 2.16 bits per heavy atom. The molecule has 0 bridgehead atoms. The Bertz CT molecular complexity index is 613. The van der Waals surface area contributed by atoms with Crippen molar-refractivity contribution >= 4 is 10.9 Å². The van der Waals surface area contributed by atoms with Gasteiger partial charge in [-0.05, 0) is 30.9 Å². The van der Waals surface area contributed by atoms with Gasteiger partial charge in [0.2, 0.25) is 0 Å². The second-order valence-corrected chi connectivity index (χ2v) is 5.88. The van der Waals surface area contributed by atoms with Gasteiger partial charge in [0.15, 0.2) is 0 Å². The van der Waals surface area contributed by atoms with E-state index in [0.29, 0.717) is 12.1 Å². The quantitative estimate of drug-likeness (QED) is 0.877. The number of hydrogen-bond acceptors (Lipinski definition) is 1. The lowest BCUT2D eigenvalue weighted by Gasteiger charge is -2.26. The molecule has 3 heteroatoms. The molecule has 1 unspecified atom stereocenters. The van der Waals surface area contributed by atoms with Crippen LogP contribution < -0.4 is 5.32 Å². The first kappa shape index (κ1) is 12.7. The van der Waals surface area contributed by atoms with Crippen LogP contribution in [-0.4, -0.2) is 16.7 Å². The van der Waals surface area contributed by atoms with Crippen LogP contribution in [0.1, 0.15) is 31.5 Å². The molecule has 102 valence electrons. The normalized spacial score (nSPS) is 19.1. The molecule has 0 radical (unpaired) electrons. The average molecular weight is 260 g/mol. The topological polar surface area (TPSA) is 17.0 Å². The zero-order valence-electron chi connectivity index (χ0n) is 11.8. The predicted octanol–water partition coefficient (Wildman–Crippen LogP) is 3.17. The summed E-state index contributed by atoms with van der Waals surface area (Å²) >= 11 is 0. The van der Waals surface area contributed by atoms with E-state index >= 15 is 0 Å². The number of nitrogens with zero attached hydrogens (tertiary/aromatic N) is 1. The van der Waals surface area contributed by atoms with Gasteiger partial charge in [-0.25, -0.2) is 4.39 Å². The molecule has 19 heavy (non-hydrogen) atoms. The van der Waals surface area contributed by atoms with E-state index < -0.39 is 0 Å². The van der Waals surface area contributed by atoms with E-state index in [1.807, 2.05) is 17.7 Å². The molecule has 0 saturated carbocycles. The van der Waals surface area contributed by atoms with Gasteiger partial charge in [0, 0.05) is 30.2 Å². The molecule has 1 aromatic carbocycles. The molecule has 3 rings (SSSR count). The minimum Gasteiger partial charge on any atom is -0.345 e. The van der Waals surface area contributed by atoms with E-state index in [4.69, 9.17) is 0 Å². The summed E-state index contributed by atoms with van der Waals surface area (Å²) in [7, 11) is 1.99. The molecular formula is C16H21FN2. The van der Waals surface area contributed by atoms with Crippen molar-refractivity contribution in [2.24, 2.45) is 7.05 Å². The minimum atomic E-state index is -0.109. The van der Waals surface area contributed by atoms with E-state index in [9.17, 15) is 4.39 Å². The monoisotopic (exact) mass is 260 g/mol. The van der Waals surface area contributed by atoms with Crippen LogP contribution in [0.25, 0.3) is 10.9 Å². The first-order chi connectivity index (χ1) is 9.08. The third kappa shape index (κ3) is 2.06. The molecule has 0 aliphatic heterocycles. The van der Waals surface area contributed by atoms with Gasteiger partial charge in [0.1, 0.15) is 5.82 Å². The first-order valence-electron chi connectivity index (χ1n) is 7.08. The van der Waals surface area contributed by atoms with E-state index in [1.54, 1.807) is 6.07 Å². The van der Waals surface area contributed by atoms with Crippen molar-refractivity contribution in [3.05, 3.63) is 35.3 Å². The maximum Gasteiger partial charge on any atom is 0.147 e. The SMILES string of the molecule is CC(C)NC1CCc2c(c3cccc(F)c3n2C)C1. The van der Waals surface area contributed by atoms with E-state index in [-0.39, 0.29) is 5.82 Å². The second-order valence-electron chi connectivity index (χ2n) is 5.88. The van der Waals surface area contributed by atoms with Gasteiger partial charge < -0.3 is 9.88 Å². The molecule has 1 heterocycles. The third-order valence-corrected chi connectivity index (χ3v) is 4.15. The highest BCUT2D eigenvalue weighted by Gasteiger charge is 2.25. The number of nitrogens with one attached hydrogen (secondary N) is 1. The summed E-state index contributed by atoms with van der Waals surface area (Å²) in [5.74, 6) is -0.109. The smallest absolute Gasteiger partial charge is 0.147 e. The van der Waals surface area contributed by atoms with Crippen molar-refractivity contribution in [1.29, 1.82) is 0 Å². The Balaban J connectivity index is 2.07. The van der Waals surface area contributed by atoms with Crippen molar-refractivity contribution < 1.29 is 4.39 Å². The molecule has 1 aromatic heterocycles. The number of aromatic nitrogens is 1. The van der Waals surface area contributed by atoms with Gasteiger partial charge in [-0.15, -0.1) is 0 Å². The Morgan fingerprint density at radius 3 is 2.89 bits per heavy atom. The van der Waals surface area contributed by atoms with Crippen LogP contribution in [0, 0.1) is 5.82 Å². The number of benzene rings is 1. The van der Waals surface area contributed by atoms with Crippen LogP contribution in [0.5, 0.6) is 0 Å².